The molecule has 1 aromatic rings. The number of benzene rings is 1. The van der Waals surface area contributed by atoms with E-state index >= 15 is 0 Å². The average Bonchev–Trinajstić information content (AvgIpc) is 2.77. The minimum atomic E-state index is -0.302. The summed E-state index contributed by atoms with van der Waals surface area (Å²) in [6.07, 6.45) is 5.23. The van der Waals surface area contributed by atoms with Gasteiger partial charge >= 0.3 is 0 Å². The normalized spacial score (nSPS) is 15.3. The van der Waals surface area contributed by atoms with E-state index in [-0.39, 0.29) is 6.10 Å². The van der Waals surface area contributed by atoms with Gasteiger partial charge in [0.15, 0.2) is 0 Å². The number of thioether (sulfide) groups is 1. The molecule has 1 heterocycles. The van der Waals surface area contributed by atoms with Crippen molar-refractivity contribution >= 4 is 23.4 Å². The molecule has 0 aromatic heterocycles. The molecule has 0 spiro atoms. The van der Waals surface area contributed by atoms with Gasteiger partial charge in [0.05, 0.1) is 12.7 Å². The van der Waals surface area contributed by atoms with Crippen LogP contribution in [0.15, 0.2) is 12.1 Å². The van der Waals surface area contributed by atoms with Gasteiger partial charge in [-0.2, -0.15) is 11.8 Å². The highest BCUT2D eigenvalue weighted by Crippen LogP contribution is 2.33. The quantitative estimate of drug-likeness (QED) is 0.814. The molecule has 0 aliphatic carbocycles. The Bertz CT molecular complexity index is 409. The molecule has 2 rings (SSSR count). The number of ether oxygens (including phenoxy) is 1. The molecule has 0 fully saturated rings. The second-order valence-corrected chi connectivity index (χ2v) is 6.07. The van der Waals surface area contributed by atoms with Gasteiger partial charge < -0.3 is 9.84 Å². The highest BCUT2D eigenvalue weighted by molar-refractivity contribution is 7.98. The van der Waals surface area contributed by atoms with Crippen molar-refractivity contribution in [3.05, 3.63) is 28.3 Å². The van der Waals surface area contributed by atoms with Crippen molar-refractivity contribution < 1.29 is 9.84 Å². The molecule has 1 unspecified atom stereocenters. The van der Waals surface area contributed by atoms with Gasteiger partial charge in [0.2, 0.25) is 0 Å². The topological polar surface area (TPSA) is 29.5 Å². The van der Waals surface area contributed by atoms with Crippen LogP contribution in [0.3, 0.4) is 0 Å². The van der Waals surface area contributed by atoms with Crippen LogP contribution < -0.4 is 4.74 Å². The smallest absolute Gasteiger partial charge is 0.126 e. The first-order valence-corrected chi connectivity index (χ1v) is 8.09. The zero-order chi connectivity index (χ0) is 13.0. The third-order valence-electron chi connectivity index (χ3n) is 3.17. The fourth-order valence-electron chi connectivity index (χ4n) is 2.32. The summed E-state index contributed by atoms with van der Waals surface area (Å²) in [6.45, 7) is 0.727. The van der Waals surface area contributed by atoms with Crippen molar-refractivity contribution in [1.29, 1.82) is 0 Å². The van der Waals surface area contributed by atoms with Crippen LogP contribution in [0.2, 0.25) is 5.02 Å². The molecule has 0 saturated heterocycles. The summed E-state index contributed by atoms with van der Waals surface area (Å²) in [7, 11) is 0. The minimum absolute atomic E-state index is 0.302. The van der Waals surface area contributed by atoms with Gasteiger partial charge in [-0.3, -0.25) is 0 Å². The van der Waals surface area contributed by atoms with Crippen LogP contribution in [0, 0.1) is 0 Å². The molecule has 1 aliphatic heterocycles. The van der Waals surface area contributed by atoms with Crippen LogP contribution in [-0.2, 0) is 12.8 Å². The minimum Gasteiger partial charge on any atom is -0.493 e. The van der Waals surface area contributed by atoms with Gasteiger partial charge in [0.25, 0.3) is 0 Å². The molecule has 1 aromatic carbocycles. The molecule has 0 bridgehead atoms. The van der Waals surface area contributed by atoms with Crippen LogP contribution >= 0.6 is 23.4 Å². The summed E-state index contributed by atoms with van der Waals surface area (Å²) in [4.78, 5) is 0. The number of aliphatic hydroxyl groups excluding tert-OH is 1. The largest absolute Gasteiger partial charge is 0.493 e. The maximum Gasteiger partial charge on any atom is 0.126 e. The van der Waals surface area contributed by atoms with Crippen molar-refractivity contribution in [1.82, 2.24) is 0 Å². The number of halogens is 1. The Kier molecular flexibility index (Phi) is 5.22. The summed E-state index contributed by atoms with van der Waals surface area (Å²) < 4.78 is 5.64. The van der Waals surface area contributed by atoms with Crippen molar-refractivity contribution in [3.8, 4) is 5.75 Å². The van der Waals surface area contributed by atoms with Crippen molar-refractivity contribution in [2.75, 3.05) is 18.6 Å². The first-order chi connectivity index (χ1) is 8.70. The Labute approximate surface area is 118 Å². The van der Waals surface area contributed by atoms with E-state index in [0.29, 0.717) is 6.42 Å². The first kappa shape index (κ1) is 14.0. The van der Waals surface area contributed by atoms with Crippen molar-refractivity contribution in [3.63, 3.8) is 0 Å². The monoisotopic (exact) mass is 286 g/mol. The number of hydrogen-bond donors (Lipinski definition) is 1. The Balaban J connectivity index is 2.00. The van der Waals surface area contributed by atoms with Crippen molar-refractivity contribution in [2.45, 2.75) is 31.8 Å². The molecular weight excluding hydrogens is 268 g/mol. The number of fused-ring (bicyclic) bond motifs is 1. The van der Waals surface area contributed by atoms with Gasteiger partial charge in [0.1, 0.15) is 5.75 Å². The molecule has 4 heteroatoms. The predicted molar refractivity (Wildman–Crippen MR) is 78.0 cm³/mol. The highest BCUT2D eigenvalue weighted by atomic mass is 35.5. The first-order valence-electron chi connectivity index (χ1n) is 6.32. The molecule has 1 atom stereocenters. The lowest BCUT2D eigenvalue weighted by molar-refractivity contribution is 0.163. The molecule has 0 saturated carbocycles. The van der Waals surface area contributed by atoms with Crippen LogP contribution in [-0.4, -0.2) is 29.8 Å². The summed E-state index contributed by atoms with van der Waals surface area (Å²) in [5.74, 6) is 2.05. The lowest BCUT2D eigenvalue weighted by atomic mass is 10.0. The third-order valence-corrected chi connectivity index (χ3v) is 4.08. The maximum absolute atomic E-state index is 10.0. The standard InChI is InChI=1S/C14H19ClO2S/c1-18-6-2-3-13(16)9-11-8-12(15)7-10-4-5-17-14(10)11/h7-8,13,16H,2-6,9H2,1H3. The van der Waals surface area contributed by atoms with E-state index in [4.69, 9.17) is 16.3 Å². The van der Waals surface area contributed by atoms with Crippen LogP contribution in [0.4, 0.5) is 0 Å². The second-order valence-electron chi connectivity index (χ2n) is 4.64. The molecular formula is C14H19ClO2S. The summed E-state index contributed by atoms with van der Waals surface area (Å²) in [5.41, 5.74) is 2.22. The van der Waals surface area contributed by atoms with Crippen molar-refractivity contribution in [2.24, 2.45) is 0 Å². The van der Waals surface area contributed by atoms with E-state index in [1.165, 1.54) is 5.56 Å². The van der Waals surface area contributed by atoms with Gasteiger partial charge in [-0.15, -0.1) is 0 Å². The fourth-order valence-corrected chi connectivity index (χ4v) is 3.04. The lowest BCUT2D eigenvalue weighted by Gasteiger charge is -2.13. The Morgan fingerprint density at radius 3 is 3.11 bits per heavy atom. The van der Waals surface area contributed by atoms with Gasteiger partial charge in [-0.25, -0.2) is 0 Å². The number of hydrogen-bond acceptors (Lipinski definition) is 3. The lowest BCUT2D eigenvalue weighted by Crippen LogP contribution is -2.11. The Morgan fingerprint density at radius 1 is 1.50 bits per heavy atom. The van der Waals surface area contributed by atoms with Crippen LogP contribution in [0.1, 0.15) is 24.0 Å². The van der Waals surface area contributed by atoms with E-state index < -0.39 is 0 Å². The maximum atomic E-state index is 10.0. The highest BCUT2D eigenvalue weighted by Gasteiger charge is 2.19. The zero-order valence-corrected chi connectivity index (χ0v) is 12.2. The molecule has 1 N–H and O–H groups in total. The summed E-state index contributed by atoms with van der Waals surface area (Å²) in [6, 6.07) is 3.89. The Morgan fingerprint density at radius 2 is 2.33 bits per heavy atom. The van der Waals surface area contributed by atoms with E-state index in [2.05, 4.69) is 6.26 Å². The molecule has 0 radical (unpaired) electrons. The molecule has 1 aliphatic rings. The molecule has 0 amide bonds. The predicted octanol–water partition coefficient (Wildman–Crippen LogP) is 3.32. The Hall–Kier alpha value is -0.380. The zero-order valence-electron chi connectivity index (χ0n) is 10.6. The van der Waals surface area contributed by atoms with Crippen LogP contribution in [0.5, 0.6) is 5.75 Å². The molecule has 18 heavy (non-hydrogen) atoms. The molecule has 2 nitrogen and oxygen atoms in total. The SMILES string of the molecule is CSCCCC(O)Cc1cc(Cl)cc2c1OCC2. The van der Waals surface area contributed by atoms with Crippen LogP contribution in [0.25, 0.3) is 0 Å². The second kappa shape index (κ2) is 6.69. The third kappa shape index (κ3) is 3.56. The van der Waals surface area contributed by atoms with E-state index in [1.54, 1.807) is 0 Å². The van der Waals surface area contributed by atoms with E-state index in [9.17, 15) is 5.11 Å². The van der Waals surface area contributed by atoms with Gasteiger partial charge in [-0.1, -0.05) is 11.6 Å². The summed E-state index contributed by atoms with van der Waals surface area (Å²) >= 11 is 7.91. The summed E-state index contributed by atoms with van der Waals surface area (Å²) in [5, 5.41) is 10.8. The number of rotatable bonds is 6. The number of aliphatic hydroxyl groups is 1. The van der Waals surface area contributed by atoms with E-state index in [0.717, 1.165) is 48.0 Å². The molecule has 100 valence electrons. The van der Waals surface area contributed by atoms with Gasteiger partial charge in [-0.05, 0) is 48.1 Å². The van der Waals surface area contributed by atoms with Gasteiger partial charge in [0, 0.05) is 17.9 Å². The van der Waals surface area contributed by atoms with E-state index in [1.807, 2.05) is 23.9 Å². The average molecular weight is 287 g/mol. The fraction of sp³-hybridized carbons (Fsp3) is 0.571.